The highest BCUT2D eigenvalue weighted by Crippen LogP contribution is 2.34. The zero-order valence-electron chi connectivity index (χ0n) is 14.9. The van der Waals surface area contributed by atoms with E-state index in [4.69, 9.17) is 23.2 Å². The molecule has 1 aliphatic rings. The molecule has 6 nitrogen and oxygen atoms in total. The molecule has 27 heavy (non-hydrogen) atoms. The Hall–Kier alpha value is -2.15. The number of nitrogens with zero attached hydrogens (tertiary/aromatic N) is 4. The van der Waals surface area contributed by atoms with E-state index in [9.17, 15) is 0 Å². The fraction of sp³-hybridized carbons (Fsp3) is 0.316. The van der Waals surface area contributed by atoms with Crippen LogP contribution >= 0.6 is 23.2 Å². The van der Waals surface area contributed by atoms with E-state index >= 15 is 0 Å². The van der Waals surface area contributed by atoms with Crippen LogP contribution in [0.1, 0.15) is 12.5 Å². The SMILES string of the molecule is CC1CN(c2c(Cl)cncc2NCc2cc3nccnc3cc2Cl)CCN1. The van der Waals surface area contributed by atoms with Crippen LogP contribution in [-0.2, 0) is 6.54 Å². The Morgan fingerprint density at radius 3 is 2.70 bits per heavy atom. The van der Waals surface area contributed by atoms with E-state index < -0.39 is 0 Å². The largest absolute Gasteiger partial charge is 0.378 e. The number of aromatic nitrogens is 3. The fourth-order valence-electron chi connectivity index (χ4n) is 3.37. The molecular weight excluding hydrogens is 383 g/mol. The van der Waals surface area contributed by atoms with Crippen molar-refractivity contribution in [2.75, 3.05) is 29.9 Å². The van der Waals surface area contributed by atoms with Crippen LogP contribution in [0.3, 0.4) is 0 Å². The third-order valence-electron chi connectivity index (χ3n) is 4.66. The Morgan fingerprint density at radius 1 is 1.15 bits per heavy atom. The molecule has 4 rings (SSSR count). The average molecular weight is 403 g/mol. The van der Waals surface area contributed by atoms with Crippen molar-refractivity contribution in [3.8, 4) is 0 Å². The number of halogens is 2. The second-order valence-electron chi connectivity index (χ2n) is 6.66. The highest BCUT2D eigenvalue weighted by atomic mass is 35.5. The highest BCUT2D eigenvalue weighted by Gasteiger charge is 2.21. The molecule has 0 amide bonds. The molecule has 140 valence electrons. The van der Waals surface area contributed by atoms with Gasteiger partial charge in [0.1, 0.15) is 0 Å². The molecule has 3 heterocycles. The summed E-state index contributed by atoms with van der Waals surface area (Å²) in [5, 5.41) is 8.20. The van der Waals surface area contributed by atoms with E-state index in [1.807, 2.05) is 18.3 Å². The van der Waals surface area contributed by atoms with E-state index in [2.05, 4.69) is 37.4 Å². The molecule has 1 fully saturated rings. The van der Waals surface area contributed by atoms with Crippen LogP contribution in [0.15, 0.2) is 36.9 Å². The second-order valence-corrected chi connectivity index (χ2v) is 7.48. The summed E-state index contributed by atoms with van der Waals surface area (Å²) in [4.78, 5) is 15.2. The minimum atomic E-state index is 0.407. The predicted molar refractivity (Wildman–Crippen MR) is 111 cm³/mol. The topological polar surface area (TPSA) is 66.0 Å². The number of nitrogens with one attached hydrogen (secondary N) is 2. The van der Waals surface area contributed by atoms with Gasteiger partial charge in [-0.3, -0.25) is 15.0 Å². The van der Waals surface area contributed by atoms with Gasteiger partial charge >= 0.3 is 0 Å². The van der Waals surface area contributed by atoms with Crippen molar-refractivity contribution in [3.05, 3.63) is 52.5 Å². The quantitative estimate of drug-likeness (QED) is 0.692. The number of hydrogen-bond acceptors (Lipinski definition) is 6. The smallest absolute Gasteiger partial charge is 0.0901 e. The molecule has 0 spiro atoms. The van der Waals surface area contributed by atoms with Crippen LogP contribution in [0.2, 0.25) is 10.0 Å². The molecule has 8 heteroatoms. The standard InChI is InChI=1S/C19H20Cl2N6/c1-12-11-27(5-4-23-12)19-15(21)9-22-10-18(19)26-8-13-6-16-17(7-14(13)20)25-3-2-24-16/h2-3,6-7,9-10,12,23,26H,4-5,8,11H2,1H3. The van der Waals surface area contributed by atoms with Crippen molar-refractivity contribution in [1.82, 2.24) is 20.3 Å². The number of rotatable bonds is 4. The lowest BCUT2D eigenvalue weighted by Crippen LogP contribution is -2.49. The summed E-state index contributed by atoms with van der Waals surface area (Å²) in [6.07, 6.45) is 6.84. The zero-order valence-corrected chi connectivity index (χ0v) is 16.4. The Labute approximate surface area is 167 Å². The molecule has 2 N–H and O–H groups in total. The Morgan fingerprint density at radius 2 is 1.93 bits per heavy atom. The molecular formula is C19H20Cl2N6. The molecule has 0 saturated carbocycles. The van der Waals surface area contributed by atoms with Gasteiger partial charge in [-0.2, -0.15) is 0 Å². The van der Waals surface area contributed by atoms with Crippen molar-refractivity contribution >= 4 is 45.6 Å². The zero-order chi connectivity index (χ0) is 18.8. The molecule has 0 aliphatic carbocycles. The third kappa shape index (κ3) is 3.93. The molecule has 0 bridgehead atoms. The molecule has 3 aromatic rings. The molecule has 0 radical (unpaired) electrons. The summed E-state index contributed by atoms with van der Waals surface area (Å²) in [7, 11) is 0. The maximum atomic E-state index is 6.49. The lowest BCUT2D eigenvalue weighted by Gasteiger charge is -2.35. The third-order valence-corrected chi connectivity index (χ3v) is 5.29. The summed E-state index contributed by atoms with van der Waals surface area (Å²) in [6.45, 7) is 5.43. The van der Waals surface area contributed by atoms with Crippen molar-refractivity contribution in [2.45, 2.75) is 19.5 Å². The monoisotopic (exact) mass is 402 g/mol. The van der Waals surface area contributed by atoms with E-state index in [-0.39, 0.29) is 0 Å². The number of fused-ring (bicyclic) bond motifs is 1. The minimum Gasteiger partial charge on any atom is -0.378 e. The predicted octanol–water partition coefficient (Wildman–Crippen LogP) is 3.74. The molecule has 1 aliphatic heterocycles. The number of piperazine rings is 1. The van der Waals surface area contributed by atoms with Gasteiger partial charge < -0.3 is 15.5 Å². The van der Waals surface area contributed by atoms with Gasteiger partial charge in [0, 0.05) is 55.8 Å². The van der Waals surface area contributed by atoms with Gasteiger partial charge in [0.2, 0.25) is 0 Å². The van der Waals surface area contributed by atoms with E-state index in [1.165, 1.54) is 0 Å². The Kier molecular flexibility index (Phi) is 5.29. The van der Waals surface area contributed by atoms with E-state index in [0.29, 0.717) is 22.6 Å². The normalized spacial score (nSPS) is 17.3. The van der Waals surface area contributed by atoms with Crippen LogP contribution in [0.25, 0.3) is 11.0 Å². The van der Waals surface area contributed by atoms with Crippen molar-refractivity contribution < 1.29 is 0 Å². The van der Waals surface area contributed by atoms with Crippen LogP contribution in [0.4, 0.5) is 11.4 Å². The van der Waals surface area contributed by atoms with Crippen LogP contribution in [-0.4, -0.2) is 40.6 Å². The number of benzene rings is 1. The number of pyridine rings is 1. The maximum Gasteiger partial charge on any atom is 0.0901 e. The van der Waals surface area contributed by atoms with Gasteiger partial charge in [0.15, 0.2) is 0 Å². The van der Waals surface area contributed by atoms with E-state index in [0.717, 1.165) is 47.6 Å². The summed E-state index contributed by atoms with van der Waals surface area (Å²) in [5.74, 6) is 0. The summed E-state index contributed by atoms with van der Waals surface area (Å²) >= 11 is 12.9. The minimum absolute atomic E-state index is 0.407. The van der Waals surface area contributed by atoms with Gasteiger partial charge in [-0.15, -0.1) is 0 Å². The first kappa shape index (κ1) is 18.2. The van der Waals surface area contributed by atoms with Gasteiger partial charge in [0.25, 0.3) is 0 Å². The number of hydrogen-bond donors (Lipinski definition) is 2. The first-order chi connectivity index (χ1) is 13.1. The average Bonchev–Trinajstić information content (AvgIpc) is 2.66. The lowest BCUT2D eigenvalue weighted by atomic mass is 10.1. The molecule has 1 atom stereocenters. The van der Waals surface area contributed by atoms with Crippen LogP contribution in [0.5, 0.6) is 0 Å². The molecule has 1 unspecified atom stereocenters. The second kappa shape index (κ2) is 7.84. The molecule has 2 aromatic heterocycles. The van der Waals surface area contributed by atoms with Crippen LogP contribution < -0.4 is 15.5 Å². The van der Waals surface area contributed by atoms with Crippen molar-refractivity contribution in [3.63, 3.8) is 0 Å². The van der Waals surface area contributed by atoms with Gasteiger partial charge in [-0.1, -0.05) is 23.2 Å². The fourth-order valence-corrected chi connectivity index (χ4v) is 3.87. The maximum absolute atomic E-state index is 6.49. The Balaban J connectivity index is 1.60. The van der Waals surface area contributed by atoms with Crippen molar-refractivity contribution in [2.24, 2.45) is 0 Å². The van der Waals surface area contributed by atoms with Gasteiger partial charge in [0.05, 0.1) is 33.6 Å². The van der Waals surface area contributed by atoms with Gasteiger partial charge in [-0.25, -0.2) is 0 Å². The first-order valence-electron chi connectivity index (χ1n) is 8.86. The first-order valence-corrected chi connectivity index (χ1v) is 9.62. The summed E-state index contributed by atoms with van der Waals surface area (Å²) in [5.41, 5.74) is 4.43. The molecule has 1 aromatic carbocycles. The van der Waals surface area contributed by atoms with Crippen molar-refractivity contribution in [1.29, 1.82) is 0 Å². The van der Waals surface area contributed by atoms with Crippen LogP contribution in [0, 0.1) is 0 Å². The van der Waals surface area contributed by atoms with E-state index in [1.54, 1.807) is 18.6 Å². The lowest BCUT2D eigenvalue weighted by molar-refractivity contribution is 0.485. The molecule has 1 saturated heterocycles. The van der Waals surface area contributed by atoms with Gasteiger partial charge in [-0.05, 0) is 24.6 Å². The number of anilines is 2. The summed E-state index contributed by atoms with van der Waals surface area (Å²) < 4.78 is 0. The Bertz CT molecular complexity index is 964. The summed E-state index contributed by atoms with van der Waals surface area (Å²) in [6, 6.07) is 4.21. The highest BCUT2D eigenvalue weighted by molar-refractivity contribution is 6.34.